The van der Waals surface area contributed by atoms with Gasteiger partial charge in [0.1, 0.15) is 0 Å². The van der Waals surface area contributed by atoms with E-state index in [0.29, 0.717) is 0 Å². The Morgan fingerprint density at radius 1 is 0.385 bits per heavy atom. The first-order valence-electron chi connectivity index (χ1n) is 9.04. The first-order valence-corrected chi connectivity index (χ1v) is 9.04. The van der Waals surface area contributed by atoms with Crippen molar-refractivity contribution >= 4 is 0 Å². The van der Waals surface area contributed by atoms with Crippen LogP contribution in [-0.2, 0) is 0 Å². The quantitative estimate of drug-likeness (QED) is 0.368. The lowest BCUT2D eigenvalue weighted by atomic mass is 9.93. The predicted molar refractivity (Wildman–Crippen MR) is 112 cm³/mol. The van der Waals surface area contributed by atoms with E-state index in [-0.39, 0.29) is 0 Å². The standard InChI is InChI=1S/C26H22/c1-19-7-5-9-23(17-19)21-13-15-22(16-14-21)25-11-3-4-12-26(25)24-10-6-8-20(2)18-24/h3-18H,1-2H3. The van der Waals surface area contributed by atoms with Crippen LogP contribution < -0.4 is 0 Å². The third-order valence-electron chi connectivity index (χ3n) is 4.80. The van der Waals surface area contributed by atoms with Crippen molar-refractivity contribution in [2.24, 2.45) is 0 Å². The van der Waals surface area contributed by atoms with E-state index in [4.69, 9.17) is 0 Å². The summed E-state index contributed by atoms with van der Waals surface area (Å²) in [5, 5.41) is 0. The Labute approximate surface area is 155 Å². The molecule has 0 saturated carbocycles. The fourth-order valence-electron chi connectivity index (χ4n) is 3.47. The molecule has 0 nitrogen and oxygen atoms in total. The van der Waals surface area contributed by atoms with Gasteiger partial charge < -0.3 is 0 Å². The molecular formula is C26H22. The Morgan fingerprint density at radius 2 is 0.885 bits per heavy atom. The average molecular weight is 334 g/mol. The van der Waals surface area contributed by atoms with E-state index in [2.05, 4.69) is 111 Å². The maximum absolute atomic E-state index is 2.25. The second-order valence-electron chi connectivity index (χ2n) is 6.86. The molecule has 0 aliphatic carbocycles. The lowest BCUT2D eigenvalue weighted by Gasteiger charge is -2.12. The molecule has 126 valence electrons. The van der Waals surface area contributed by atoms with E-state index in [9.17, 15) is 0 Å². The highest BCUT2D eigenvalue weighted by Crippen LogP contribution is 2.33. The maximum Gasteiger partial charge on any atom is -0.0105 e. The van der Waals surface area contributed by atoms with Crippen molar-refractivity contribution in [2.75, 3.05) is 0 Å². The highest BCUT2D eigenvalue weighted by atomic mass is 14.1. The molecule has 0 radical (unpaired) electrons. The topological polar surface area (TPSA) is 0 Å². The molecule has 4 rings (SSSR count). The number of hydrogen-bond donors (Lipinski definition) is 0. The molecule has 0 aromatic heterocycles. The van der Waals surface area contributed by atoms with Crippen LogP contribution in [0.3, 0.4) is 0 Å². The van der Waals surface area contributed by atoms with Gasteiger partial charge in [-0.2, -0.15) is 0 Å². The van der Waals surface area contributed by atoms with Crippen LogP contribution in [0.5, 0.6) is 0 Å². The normalized spacial score (nSPS) is 10.7. The minimum atomic E-state index is 1.25. The van der Waals surface area contributed by atoms with E-state index in [1.54, 1.807) is 0 Å². The third kappa shape index (κ3) is 3.32. The van der Waals surface area contributed by atoms with Gasteiger partial charge in [-0.3, -0.25) is 0 Å². The first-order chi connectivity index (χ1) is 12.7. The van der Waals surface area contributed by atoms with E-state index >= 15 is 0 Å². The summed E-state index contributed by atoms with van der Waals surface area (Å²) < 4.78 is 0. The first kappa shape index (κ1) is 16.4. The summed E-state index contributed by atoms with van der Waals surface area (Å²) in [7, 11) is 0. The minimum absolute atomic E-state index is 1.25. The highest BCUT2D eigenvalue weighted by Gasteiger charge is 2.07. The fourth-order valence-corrected chi connectivity index (χ4v) is 3.47. The van der Waals surface area contributed by atoms with Gasteiger partial charge in [0.25, 0.3) is 0 Å². The van der Waals surface area contributed by atoms with Crippen molar-refractivity contribution < 1.29 is 0 Å². The fraction of sp³-hybridized carbons (Fsp3) is 0.0769. The van der Waals surface area contributed by atoms with Crippen LogP contribution in [0.25, 0.3) is 33.4 Å². The molecule has 0 aliphatic rings. The Balaban J connectivity index is 1.75. The van der Waals surface area contributed by atoms with Crippen LogP contribution in [0, 0.1) is 13.8 Å². The summed E-state index contributed by atoms with van der Waals surface area (Å²) >= 11 is 0. The molecule has 0 heteroatoms. The van der Waals surface area contributed by atoms with Crippen LogP contribution in [0.1, 0.15) is 11.1 Å². The monoisotopic (exact) mass is 334 g/mol. The maximum atomic E-state index is 2.25. The van der Waals surface area contributed by atoms with Gasteiger partial charge in [-0.1, -0.05) is 108 Å². The number of hydrogen-bond acceptors (Lipinski definition) is 0. The van der Waals surface area contributed by atoms with Gasteiger partial charge >= 0.3 is 0 Å². The van der Waals surface area contributed by atoms with Crippen molar-refractivity contribution in [1.82, 2.24) is 0 Å². The van der Waals surface area contributed by atoms with Crippen molar-refractivity contribution in [3.8, 4) is 33.4 Å². The Bertz CT molecular complexity index is 1040. The van der Waals surface area contributed by atoms with E-state index in [1.165, 1.54) is 44.5 Å². The van der Waals surface area contributed by atoms with Crippen molar-refractivity contribution in [1.29, 1.82) is 0 Å². The van der Waals surface area contributed by atoms with E-state index in [0.717, 1.165) is 0 Å². The zero-order valence-electron chi connectivity index (χ0n) is 15.2. The van der Waals surface area contributed by atoms with Gasteiger partial charge in [0, 0.05) is 0 Å². The third-order valence-corrected chi connectivity index (χ3v) is 4.80. The number of benzene rings is 4. The Kier molecular flexibility index (Phi) is 4.41. The molecule has 0 spiro atoms. The van der Waals surface area contributed by atoms with Gasteiger partial charge in [-0.15, -0.1) is 0 Å². The van der Waals surface area contributed by atoms with Gasteiger partial charge in [0.05, 0.1) is 0 Å². The molecule has 0 heterocycles. The second-order valence-corrected chi connectivity index (χ2v) is 6.86. The van der Waals surface area contributed by atoms with Gasteiger partial charge in [0.2, 0.25) is 0 Å². The SMILES string of the molecule is Cc1cccc(-c2ccc(-c3ccccc3-c3cccc(C)c3)cc2)c1. The molecule has 0 saturated heterocycles. The van der Waals surface area contributed by atoms with E-state index in [1.807, 2.05) is 0 Å². The zero-order chi connectivity index (χ0) is 17.9. The number of aryl methyl sites for hydroxylation is 2. The summed E-state index contributed by atoms with van der Waals surface area (Å²) in [6, 6.07) is 34.9. The summed E-state index contributed by atoms with van der Waals surface area (Å²) in [6.07, 6.45) is 0. The van der Waals surface area contributed by atoms with Crippen molar-refractivity contribution in [3.63, 3.8) is 0 Å². The average Bonchev–Trinajstić information content (AvgIpc) is 2.68. The summed E-state index contributed by atoms with van der Waals surface area (Å²) in [5.41, 5.74) is 10.2. The summed E-state index contributed by atoms with van der Waals surface area (Å²) in [4.78, 5) is 0. The summed E-state index contributed by atoms with van der Waals surface area (Å²) in [5.74, 6) is 0. The Hall–Kier alpha value is -3.12. The molecule has 0 aliphatic heterocycles. The molecule has 0 unspecified atom stereocenters. The number of rotatable bonds is 3. The molecule has 0 fully saturated rings. The minimum Gasteiger partial charge on any atom is -0.0616 e. The molecule has 0 amide bonds. The molecule has 0 atom stereocenters. The van der Waals surface area contributed by atoms with Crippen LogP contribution in [0.2, 0.25) is 0 Å². The molecule has 26 heavy (non-hydrogen) atoms. The van der Waals surface area contributed by atoms with Crippen LogP contribution >= 0.6 is 0 Å². The largest absolute Gasteiger partial charge is 0.0616 e. The predicted octanol–water partition coefficient (Wildman–Crippen LogP) is 7.30. The van der Waals surface area contributed by atoms with Gasteiger partial charge in [-0.05, 0) is 47.2 Å². The zero-order valence-corrected chi connectivity index (χ0v) is 15.2. The van der Waals surface area contributed by atoms with Crippen LogP contribution in [-0.4, -0.2) is 0 Å². The van der Waals surface area contributed by atoms with Gasteiger partial charge in [0.15, 0.2) is 0 Å². The van der Waals surface area contributed by atoms with Crippen molar-refractivity contribution in [3.05, 3.63) is 108 Å². The Morgan fingerprint density at radius 3 is 1.50 bits per heavy atom. The highest BCUT2D eigenvalue weighted by molar-refractivity contribution is 5.84. The van der Waals surface area contributed by atoms with Crippen LogP contribution in [0.4, 0.5) is 0 Å². The van der Waals surface area contributed by atoms with Crippen molar-refractivity contribution in [2.45, 2.75) is 13.8 Å². The molecular weight excluding hydrogens is 312 g/mol. The summed E-state index contributed by atoms with van der Waals surface area (Å²) in [6.45, 7) is 4.28. The lowest BCUT2D eigenvalue weighted by molar-refractivity contribution is 1.46. The van der Waals surface area contributed by atoms with Gasteiger partial charge in [-0.25, -0.2) is 0 Å². The second kappa shape index (κ2) is 7.01. The smallest absolute Gasteiger partial charge is 0.0105 e. The molecule has 4 aromatic rings. The molecule has 0 N–H and O–H groups in total. The molecule has 4 aromatic carbocycles. The van der Waals surface area contributed by atoms with E-state index < -0.39 is 0 Å². The van der Waals surface area contributed by atoms with Crippen LogP contribution in [0.15, 0.2) is 97.1 Å². The molecule has 0 bridgehead atoms. The lowest BCUT2D eigenvalue weighted by Crippen LogP contribution is -1.86.